The van der Waals surface area contributed by atoms with E-state index >= 15 is 0 Å². The Balaban J connectivity index is 2.10. The molecule has 3 rings (SSSR count). The Morgan fingerprint density at radius 1 is 1.09 bits per heavy atom. The lowest BCUT2D eigenvalue weighted by Crippen LogP contribution is -1.95. The van der Waals surface area contributed by atoms with E-state index in [2.05, 4.69) is 69.4 Å². The molecular weight excluding hydrogens is 282 g/mol. The summed E-state index contributed by atoms with van der Waals surface area (Å²) in [5, 5.41) is 0. The summed E-state index contributed by atoms with van der Waals surface area (Å²) < 4.78 is 2.00. The molecule has 1 atom stereocenters. The van der Waals surface area contributed by atoms with Gasteiger partial charge in [0.1, 0.15) is 0 Å². The Morgan fingerprint density at radius 3 is 2.43 bits per heavy atom. The maximum Gasteiger partial charge on any atom is 0.167 e. The zero-order valence-electron chi connectivity index (χ0n) is 14.0. The third kappa shape index (κ3) is 2.81. The van der Waals surface area contributed by atoms with E-state index in [1.807, 2.05) is 4.40 Å². The van der Waals surface area contributed by atoms with E-state index in [0.29, 0.717) is 5.92 Å². The van der Waals surface area contributed by atoms with Crippen LogP contribution in [0.4, 0.5) is 0 Å². The normalized spacial score (nSPS) is 12.5. The number of benzene rings is 1. The smallest absolute Gasteiger partial charge is 0.167 e. The first-order valence-electron chi connectivity index (χ1n) is 8.37. The average Bonchev–Trinajstić information content (AvgIpc) is 2.98. The van der Waals surface area contributed by atoms with Crippen molar-refractivity contribution in [1.29, 1.82) is 0 Å². The standard InChI is InChI=1S/C21H23NO/c1-4-15(3)17-7-9-18(10-8-17)20-12-19-11-6-16(5-2)13-22(19)21(20)14-23/h6-15H,4-5H2,1-3H3. The molecule has 2 heterocycles. The predicted molar refractivity (Wildman–Crippen MR) is 96.3 cm³/mol. The molecule has 0 spiro atoms. The van der Waals surface area contributed by atoms with Crippen molar-refractivity contribution in [3.63, 3.8) is 0 Å². The van der Waals surface area contributed by atoms with Gasteiger partial charge in [0.2, 0.25) is 0 Å². The molecule has 1 aromatic carbocycles. The number of aryl methyl sites for hydroxylation is 1. The number of carbonyl (C=O) groups excluding carboxylic acids is 1. The zero-order chi connectivity index (χ0) is 16.4. The summed E-state index contributed by atoms with van der Waals surface area (Å²) in [7, 11) is 0. The second-order valence-electron chi connectivity index (χ2n) is 6.18. The molecule has 0 aliphatic heterocycles. The molecule has 1 unspecified atom stereocenters. The van der Waals surface area contributed by atoms with Crippen molar-refractivity contribution in [2.45, 2.75) is 39.5 Å². The van der Waals surface area contributed by atoms with Crippen molar-refractivity contribution in [3.05, 3.63) is 65.5 Å². The van der Waals surface area contributed by atoms with Crippen molar-refractivity contribution in [1.82, 2.24) is 4.40 Å². The highest BCUT2D eigenvalue weighted by molar-refractivity contribution is 5.89. The molecule has 0 aliphatic rings. The number of nitrogens with zero attached hydrogens (tertiary/aromatic N) is 1. The molecule has 2 heteroatoms. The third-order valence-electron chi connectivity index (χ3n) is 4.79. The van der Waals surface area contributed by atoms with Gasteiger partial charge in [-0.05, 0) is 47.6 Å². The fourth-order valence-electron chi connectivity index (χ4n) is 3.02. The second kappa shape index (κ2) is 6.41. The summed E-state index contributed by atoms with van der Waals surface area (Å²) >= 11 is 0. The topological polar surface area (TPSA) is 21.5 Å². The molecule has 0 aliphatic carbocycles. The van der Waals surface area contributed by atoms with Crippen LogP contribution in [0, 0.1) is 0 Å². The van der Waals surface area contributed by atoms with Gasteiger partial charge in [-0.25, -0.2) is 0 Å². The van der Waals surface area contributed by atoms with E-state index in [-0.39, 0.29) is 0 Å². The molecular formula is C21H23NO. The van der Waals surface area contributed by atoms with E-state index < -0.39 is 0 Å². The predicted octanol–water partition coefficient (Wildman–Crippen LogP) is 5.49. The van der Waals surface area contributed by atoms with Gasteiger partial charge in [0.05, 0.1) is 5.69 Å². The third-order valence-corrected chi connectivity index (χ3v) is 4.79. The highest BCUT2D eigenvalue weighted by Crippen LogP contribution is 2.29. The maximum atomic E-state index is 11.7. The van der Waals surface area contributed by atoms with Crippen molar-refractivity contribution in [3.8, 4) is 11.1 Å². The van der Waals surface area contributed by atoms with Gasteiger partial charge >= 0.3 is 0 Å². The van der Waals surface area contributed by atoms with Crippen LogP contribution in [0.25, 0.3) is 16.6 Å². The summed E-state index contributed by atoms with van der Waals surface area (Å²) in [5.74, 6) is 0.565. The van der Waals surface area contributed by atoms with E-state index in [1.54, 1.807) is 0 Å². The minimum atomic E-state index is 0.565. The van der Waals surface area contributed by atoms with Gasteiger partial charge in [-0.3, -0.25) is 4.79 Å². The maximum absolute atomic E-state index is 11.7. The lowest BCUT2D eigenvalue weighted by Gasteiger charge is -2.09. The van der Waals surface area contributed by atoms with Gasteiger partial charge in [0.25, 0.3) is 0 Å². The van der Waals surface area contributed by atoms with Gasteiger partial charge in [-0.1, -0.05) is 51.1 Å². The van der Waals surface area contributed by atoms with Crippen LogP contribution in [0.5, 0.6) is 0 Å². The van der Waals surface area contributed by atoms with Crippen LogP contribution in [0.2, 0.25) is 0 Å². The molecule has 0 saturated heterocycles. The second-order valence-corrected chi connectivity index (χ2v) is 6.18. The Hall–Kier alpha value is -2.35. The summed E-state index contributed by atoms with van der Waals surface area (Å²) in [6.07, 6.45) is 5.13. The molecule has 3 aromatic rings. The van der Waals surface area contributed by atoms with Crippen LogP contribution in [0.3, 0.4) is 0 Å². The summed E-state index contributed by atoms with van der Waals surface area (Å²) in [5.41, 5.74) is 6.47. The zero-order valence-corrected chi connectivity index (χ0v) is 14.0. The Kier molecular flexibility index (Phi) is 4.33. The molecule has 0 N–H and O–H groups in total. The molecule has 0 saturated carbocycles. The molecule has 118 valence electrons. The highest BCUT2D eigenvalue weighted by Gasteiger charge is 2.12. The van der Waals surface area contributed by atoms with Crippen LogP contribution in [-0.4, -0.2) is 10.7 Å². The van der Waals surface area contributed by atoms with E-state index in [9.17, 15) is 4.79 Å². The molecule has 2 nitrogen and oxygen atoms in total. The fourth-order valence-corrected chi connectivity index (χ4v) is 3.02. The molecule has 0 radical (unpaired) electrons. The number of hydrogen-bond acceptors (Lipinski definition) is 1. The molecule has 0 fully saturated rings. The monoisotopic (exact) mass is 305 g/mol. The Labute approximate surface area is 137 Å². The molecule has 0 amide bonds. The first-order chi connectivity index (χ1) is 11.2. The lowest BCUT2D eigenvalue weighted by atomic mass is 9.96. The lowest BCUT2D eigenvalue weighted by molar-refractivity contribution is 0.111. The van der Waals surface area contributed by atoms with Crippen molar-refractivity contribution in [2.75, 3.05) is 0 Å². The number of aldehydes is 1. The number of rotatable bonds is 5. The minimum Gasteiger partial charge on any atom is -0.313 e. The van der Waals surface area contributed by atoms with E-state index in [0.717, 1.165) is 41.5 Å². The van der Waals surface area contributed by atoms with Crippen molar-refractivity contribution in [2.24, 2.45) is 0 Å². The summed E-state index contributed by atoms with van der Waals surface area (Å²) in [6.45, 7) is 6.57. The first-order valence-corrected chi connectivity index (χ1v) is 8.37. The van der Waals surface area contributed by atoms with Crippen LogP contribution >= 0.6 is 0 Å². The number of aromatic nitrogens is 1. The van der Waals surface area contributed by atoms with Gasteiger partial charge in [-0.15, -0.1) is 0 Å². The minimum absolute atomic E-state index is 0.565. The van der Waals surface area contributed by atoms with Crippen molar-refractivity contribution >= 4 is 11.8 Å². The Morgan fingerprint density at radius 2 is 1.83 bits per heavy atom. The van der Waals surface area contributed by atoms with Crippen molar-refractivity contribution < 1.29 is 4.79 Å². The Bertz CT molecular complexity index is 827. The average molecular weight is 305 g/mol. The first kappa shape index (κ1) is 15.5. The van der Waals surface area contributed by atoms with Gasteiger partial charge in [-0.2, -0.15) is 0 Å². The largest absolute Gasteiger partial charge is 0.313 e. The number of hydrogen-bond donors (Lipinski definition) is 0. The van der Waals surface area contributed by atoms with Gasteiger partial charge in [0, 0.05) is 17.3 Å². The SMILES string of the molecule is CCc1ccc2cc(-c3ccc(C(C)CC)cc3)c(C=O)n2c1. The van der Waals surface area contributed by atoms with Gasteiger partial charge in [0.15, 0.2) is 6.29 Å². The highest BCUT2D eigenvalue weighted by atomic mass is 16.1. The van der Waals surface area contributed by atoms with Crippen LogP contribution in [0.15, 0.2) is 48.7 Å². The molecule has 2 aromatic heterocycles. The number of fused-ring (bicyclic) bond motifs is 1. The molecule has 0 bridgehead atoms. The quantitative estimate of drug-likeness (QED) is 0.571. The number of carbonyl (C=O) groups is 1. The van der Waals surface area contributed by atoms with E-state index in [4.69, 9.17) is 0 Å². The van der Waals surface area contributed by atoms with Crippen LogP contribution in [-0.2, 0) is 6.42 Å². The summed E-state index contributed by atoms with van der Waals surface area (Å²) in [6, 6.07) is 14.9. The van der Waals surface area contributed by atoms with E-state index in [1.165, 1.54) is 11.1 Å². The summed E-state index contributed by atoms with van der Waals surface area (Å²) in [4.78, 5) is 11.7. The van der Waals surface area contributed by atoms with Gasteiger partial charge < -0.3 is 4.40 Å². The number of pyridine rings is 1. The molecule has 23 heavy (non-hydrogen) atoms. The van der Waals surface area contributed by atoms with Crippen LogP contribution < -0.4 is 0 Å². The fraction of sp³-hybridized carbons (Fsp3) is 0.286. The van der Waals surface area contributed by atoms with Crippen LogP contribution in [0.1, 0.15) is 54.7 Å².